The smallest absolute Gasteiger partial charge is 0.376 e. The molecule has 0 heterocycles. The Morgan fingerprint density at radius 1 is 0.895 bits per heavy atom. The molecule has 0 aliphatic rings. The van der Waals surface area contributed by atoms with Gasteiger partial charge >= 0.3 is 16.3 Å². The summed E-state index contributed by atoms with van der Waals surface area (Å²) in [7, 11) is -4.65. The van der Waals surface area contributed by atoms with E-state index in [0.29, 0.717) is 0 Å². The van der Waals surface area contributed by atoms with Crippen LogP contribution in [-0.4, -0.2) is 14.7 Å². The molecule has 108 valence electrons. The lowest BCUT2D eigenvalue weighted by molar-refractivity contribution is -0.143. The first-order chi connectivity index (χ1) is 8.36. The molecule has 19 heavy (non-hydrogen) atoms. The first kappa shape index (κ1) is 15.5. The Morgan fingerprint density at radius 3 is 1.74 bits per heavy atom. The number of benzene rings is 1. The molecule has 0 unspecified atom stereocenters. The molecule has 11 heteroatoms. The zero-order chi connectivity index (χ0) is 15.2. The highest BCUT2D eigenvalue weighted by Crippen LogP contribution is 2.40. The number of halogens is 7. The normalized spacial score (nSPS) is 12.6. The van der Waals surface area contributed by atoms with Crippen LogP contribution in [0.2, 0.25) is 0 Å². The molecule has 0 saturated carbocycles. The quantitative estimate of drug-likeness (QED) is 0.365. The monoisotopic (exact) mass is 312 g/mol. The van der Waals surface area contributed by atoms with Crippen LogP contribution in [0, 0.1) is 23.3 Å². The molecule has 0 aliphatic carbocycles. The summed E-state index contributed by atoms with van der Waals surface area (Å²) in [6.45, 7) is 0. The fourth-order valence-corrected chi connectivity index (χ4v) is 1.53. The average molecular weight is 312 g/mol. The molecule has 0 fully saturated rings. The summed E-state index contributed by atoms with van der Waals surface area (Å²) in [6.07, 6.45) is -5.46. The Balaban J connectivity index is 3.72. The van der Waals surface area contributed by atoms with Crippen LogP contribution in [-0.2, 0) is 16.3 Å². The fraction of sp³-hybridized carbons (Fsp3) is 0.250. The highest BCUT2D eigenvalue weighted by molar-refractivity contribution is 7.86. The van der Waals surface area contributed by atoms with Crippen LogP contribution < -0.4 is 4.18 Å². The van der Waals surface area contributed by atoms with Crippen LogP contribution in [0.1, 0.15) is 5.56 Å². The third-order valence-corrected chi connectivity index (χ3v) is 2.21. The van der Waals surface area contributed by atoms with Gasteiger partial charge in [-0.05, 0) is 0 Å². The van der Waals surface area contributed by atoms with Crippen molar-refractivity contribution in [2.24, 2.45) is 0 Å². The van der Waals surface area contributed by atoms with Crippen molar-refractivity contribution in [1.82, 2.24) is 0 Å². The molecule has 0 aliphatic heterocycles. The minimum atomic E-state index is -5.71. The van der Waals surface area contributed by atoms with Gasteiger partial charge in [0.05, 0.1) is 6.26 Å². The van der Waals surface area contributed by atoms with Gasteiger partial charge in [0.25, 0.3) is 0 Å². The minimum absolute atomic E-state index is 0.250. The summed E-state index contributed by atoms with van der Waals surface area (Å²) in [4.78, 5) is 0. The van der Waals surface area contributed by atoms with Gasteiger partial charge in [-0.2, -0.15) is 26.0 Å². The van der Waals surface area contributed by atoms with Crippen LogP contribution in [0.15, 0.2) is 0 Å². The second-order valence-corrected chi connectivity index (χ2v) is 4.82. The molecule has 0 aromatic heterocycles. The minimum Gasteiger partial charge on any atom is -0.376 e. The van der Waals surface area contributed by atoms with Crippen molar-refractivity contribution in [2.45, 2.75) is 6.18 Å². The lowest BCUT2D eigenvalue weighted by Crippen LogP contribution is -2.18. The number of hydrogen-bond acceptors (Lipinski definition) is 3. The maximum absolute atomic E-state index is 13.2. The summed E-state index contributed by atoms with van der Waals surface area (Å²) in [5, 5.41) is 0. The Kier molecular flexibility index (Phi) is 3.72. The van der Waals surface area contributed by atoms with Crippen LogP contribution in [0.4, 0.5) is 30.7 Å². The van der Waals surface area contributed by atoms with E-state index in [1.165, 1.54) is 0 Å². The molecular formula is C8H3F7O3S. The highest BCUT2D eigenvalue weighted by atomic mass is 32.2. The summed E-state index contributed by atoms with van der Waals surface area (Å²) >= 11 is 0. The molecule has 0 N–H and O–H groups in total. The molecule has 0 spiro atoms. The molecule has 0 saturated heterocycles. The number of alkyl halides is 3. The van der Waals surface area contributed by atoms with Crippen molar-refractivity contribution in [3.8, 4) is 5.75 Å². The third-order valence-electron chi connectivity index (χ3n) is 1.74. The molecule has 0 atom stereocenters. The largest absolute Gasteiger partial charge is 0.422 e. The second-order valence-electron chi connectivity index (χ2n) is 3.25. The first-order valence-corrected chi connectivity index (χ1v) is 6.00. The van der Waals surface area contributed by atoms with Gasteiger partial charge in [0, 0.05) is 0 Å². The molecule has 0 radical (unpaired) electrons. The Hall–Kier alpha value is -1.52. The van der Waals surface area contributed by atoms with Gasteiger partial charge in [-0.25, -0.2) is 13.2 Å². The maximum atomic E-state index is 13.2. The van der Waals surface area contributed by atoms with Crippen molar-refractivity contribution in [1.29, 1.82) is 0 Å². The molecule has 1 rings (SSSR count). The van der Waals surface area contributed by atoms with Gasteiger partial charge in [-0.1, -0.05) is 0 Å². The van der Waals surface area contributed by atoms with E-state index in [1.54, 1.807) is 0 Å². The topological polar surface area (TPSA) is 43.4 Å². The van der Waals surface area contributed by atoms with Crippen LogP contribution >= 0.6 is 0 Å². The molecule has 1 aromatic rings. The molecular weight excluding hydrogens is 309 g/mol. The third kappa shape index (κ3) is 3.08. The van der Waals surface area contributed by atoms with E-state index < -0.39 is 50.9 Å². The summed E-state index contributed by atoms with van der Waals surface area (Å²) in [6, 6.07) is 0. The van der Waals surface area contributed by atoms with Crippen LogP contribution in [0.25, 0.3) is 0 Å². The Morgan fingerprint density at radius 2 is 1.37 bits per heavy atom. The standard InChI is InChI=1S/C8H3F7O3S/c1-19(16,17)18-7-4(10)2(8(13,14)15)3(9)5(11)6(7)12/h1H3. The SMILES string of the molecule is CS(=O)(=O)Oc1c(F)c(F)c(F)c(C(F)(F)F)c1F. The summed E-state index contributed by atoms with van der Waals surface area (Å²) in [5.74, 6) is -12.9. The van der Waals surface area contributed by atoms with Crippen molar-refractivity contribution < 1.29 is 43.3 Å². The fourth-order valence-electron chi connectivity index (χ4n) is 1.09. The van der Waals surface area contributed by atoms with E-state index >= 15 is 0 Å². The Bertz CT molecular complexity index is 620. The summed E-state index contributed by atoms with van der Waals surface area (Å²) < 4.78 is 114. The van der Waals surface area contributed by atoms with E-state index in [-0.39, 0.29) is 6.26 Å². The average Bonchev–Trinajstić information content (AvgIpc) is 2.18. The predicted molar refractivity (Wildman–Crippen MR) is 46.7 cm³/mol. The maximum Gasteiger partial charge on any atom is 0.422 e. The van der Waals surface area contributed by atoms with E-state index in [4.69, 9.17) is 0 Å². The van der Waals surface area contributed by atoms with Gasteiger partial charge in [-0.3, -0.25) is 0 Å². The van der Waals surface area contributed by atoms with Crippen molar-refractivity contribution in [3.05, 3.63) is 28.8 Å². The molecule has 1 aromatic carbocycles. The van der Waals surface area contributed by atoms with Crippen LogP contribution in [0.3, 0.4) is 0 Å². The number of hydrogen-bond donors (Lipinski definition) is 0. The van der Waals surface area contributed by atoms with Gasteiger partial charge in [0.2, 0.25) is 11.6 Å². The molecule has 0 bridgehead atoms. The lowest BCUT2D eigenvalue weighted by atomic mass is 10.1. The molecule has 3 nitrogen and oxygen atoms in total. The predicted octanol–water partition coefficient (Wildman–Crippen LogP) is 2.60. The zero-order valence-electron chi connectivity index (χ0n) is 8.78. The van der Waals surface area contributed by atoms with Crippen molar-refractivity contribution in [2.75, 3.05) is 6.26 Å². The second kappa shape index (κ2) is 4.54. The van der Waals surface area contributed by atoms with Gasteiger partial charge in [0.15, 0.2) is 17.5 Å². The van der Waals surface area contributed by atoms with Crippen molar-refractivity contribution in [3.63, 3.8) is 0 Å². The first-order valence-electron chi connectivity index (χ1n) is 4.19. The van der Waals surface area contributed by atoms with E-state index in [1.807, 2.05) is 0 Å². The lowest BCUT2D eigenvalue weighted by Gasteiger charge is -2.13. The molecule has 0 amide bonds. The van der Waals surface area contributed by atoms with E-state index in [9.17, 15) is 39.2 Å². The van der Waals surface area contributed by atoms with Gasteiger partial charge in [-0.15, -0.1) is 0 Å². The Labute approximate surface area is 101 Å². The van der Waals surface area contributed by atoms with Gasteiger partial charge < -0.3 is 4.18 Å². The zero-order valence-corrected chi connectivity index (χ0v) is 9.60. The number of rotatable bonds is 2. The van der Waals surface area contributed by atoms with Crippen molar-refractivity contribution >= 4 is 10.1 Å². The van der Waals surface area contributed by atoms with E-state index in [2.05, 4.69) is 4.18 Å². The highest BCUT2D eigenvalue weighted by Gasteiger charge is 2.43. The van der Waals surface area contributed by atoms with E-state index in [0.717, 1.165) is 0 Å². The van der Waals surface area contributed by atoms with Gasteiger partial charge in [0.1, 0.15) is 5.56 Å². The van der Waals surface area contributed by atoms with Crippen LogP contribution in [0.5, 0.6) is 5.75 Å². The summed E-state index contributed by atoms with van der Waals surface area (Å²) in [5.41, 5.74) is -2.79.